The van der Waals surface area contributed by atoms with Crippen molar-refractivity contribution in [2.75, 3.05) is 7.11 Å². The third kappa shape index (κ3) is 3.08. The van der Waals surface area contributed by atoms with E-state index in [2.05, 4.69) is 4.74 Å². The standard InChI is InChI=1S/C16H10F4O3/c1-23-16-14(19)12(17)10(13(18)15(16)20)6-8-2-4-9(5-3-8)11(22)7-21/h2-5,7H,6H2,1H3. The van der Waals surface area contributed by atoms with Gasteiger partial charge in [0.1, 0.15) is 0 Å². The molecule has 3 nitrogen and oxygen atoms in total. The van der Waals surface area contributed by atoms with E-state index in [9.17, 15) is 27.2 Å². The Bertz CT molecular complexity index is 741. The summed E-state index contributed by atoms with van der Waals surface area (Å²) < 4.78 is 59.3. The lowest BCUT2D eigenvalue weighted by molar-refractivity contribution is -0.104. The molecule has 0 saturated carbocycles. The number of Topliss-reactive ketones (excluding diaryl/α,β-unsaturated/α-hetero) is 1. The molecule has 120 valence electrons. The number of ketones is 1. The van der Waals surface area contributed by atoms with Crippen LogP contribution in [0.4, 0.5) is 17.6 Å². The molecule has 0 heterocycles. The van der Waals surface area contributed by atoms with Crippen LogP contribution in [0.15, 0.2) is 24.3 Å². The number of benzene rings is 2. The Kier molecular flexibility index (Phi) is 4.78. The van der Waals surface area contributed by atoms with Crippen LogP contribution in [0.25, 0.3) is 0 Å². The first-order valence-corrected chi connectivity index (χ1v) is 6.38. The molecule has 0 unspecified atom stereocenters. The van der Waals surface area contributed by atoms with E-state index in [0.29, 0.717) is 5.56 Å². The van der Waals surface area contributed by atoms with Crippen molar-refractivity contribution in [3.63, 3.8) is 0 Å². The summed E-state index contributed by atoms with van der Waals surface area (Å²) in [5.41, 5.74) is -0.402. The second kappa shape index (κ2) is 6.60. The van der Waals surface area contributed by atoms with Crippen LogP contribution in [0.3, 0.4) is 0 Å². The van der Waals surface area contributed by atoms with Crippen molar-refractivity contribution in [2.24, 2.45) is 0 Å². The van der Waals surface area contributed by atoms with Crippen molar-refractivity contribution in [3.05, 3.63) is 64.2 Å². The van der Waals surface area contributed by atoms with Gasteiger partial charge in [0.05, 0.1) is 7.11 Å². The van der Waals surface area contributed by atoms with Gasteiger partial charge < -0.3 is 4.74 Å². The minimum absolute atomic E-state index is 0.0942. The number of hydrogen-bond donors (Lipinski definition) is 0. The summed E-state index contributed by atoms with van der Waals surface area (Å²) >= 11 is 0. The monoisotopic (exact) mass is 326 g/mol. The number of hydrogen-bond acceptors (Lipinski definition) is 3. The number of aldehydes is 1. The fraction of sp³-hybridized carbons (Fsp3) is 0.125. The van der Waals surface area contributed by atoms with Gasteiger partial charge in [-0.25, -0.2) is 8.78 Å². The van der Waals surface area contributed by atoms with E-state index >= 15 is 0 Å². The average Bonchev–Trinajstić information content (AvgIpc) is 2.57. The number of methoxy groups -OCH3 is 1. The highest BCUT2D eigenvalue weighted by Crippen LogP contribution is 2.31. The SMILES string of the molecule is COc1c(F)c(F)c(Cc2ccc(C(=O)C=O)cc2)c(F)c1F. The Morgan fingerprint density at radius 2 is 1.52 bits per heavy atom. The fourth-order valence-corrected chi connectivity index (χ4v) is 2.05. The first kappa shape index (κ1) is 16.7. The topological polar surface area (TPSA) is 43.4 Å². The zero-order valence-corrected chi connectivity index (χ0v) is 11.8. The molecule has 2 aromatic rings. The van der Waals surface area contributed by atoms with E-state index in [0.717, 1.165) is 7.11 Å². The first-order chi connectivity index (χ1) is 10.9. The second-order valence-electron chi connectivity index (χ2n) is 4.62. The van der Waals surface area contributed by atoms with Gasteiger partial charge >= 0.3 is 0 Å². The van der Waals surface area contributed by atoms with Gasteiger partial charge in [-0.05, 0) is 5.56 Å². The smallest absolute Gasteiger partial charge is 0.225 e. The molecule has 0 fully saturated rings. The van der Waals surface area contributed by atoms with Crippen molar-refractivity contribution >= 4 is 12.1 Å². The maximum absolute atomic E-state index is 13.9. The molecule has 0 aromatic heterocycles. The molecule has 0 saturated heterocycles. The highest BCUT2D eigenvalue weighted by Gasteiger charge is 2.26. The van der Waals surface area contributed by atoms with Crippen LogP contribution in [0.5, 0.6) is 5.75 Å². The minimum atomic E-state index is -1.62. The number of ether oxygens (including phenoxy) is 1. The summed E-state index contributed by atoms with van der Waals surface area (Å²) in [6.07, 6.45) is -0.312. The molecule has 7 heteroatoms. The van der Waals surface area contributed by atoms with Gasteiger partial charge in [0.25, 0.3) is 0 Å². The number of rotatable bonds is 5. The highest BCUT2D eigenvalue weighted by molar-refractivity contribution is 6.33. The lowest BCUT2D eigenvalue weighted by Gasteiger charge is -2.11. The molecule has 0 amide bonds. The number of carbonyl (C=O) groups excluding carboxylic acids is 2. The lowest BCUT2D eigenvalue weighted by Crippen LogP contribution is -2.07. The van der Waals surface area contributed by atoms with Crippen molar-refractivity contribution in [1.29, 1.82) is 0 Å². The molecule has 0 N–H and O–H groups in total. The van der Waals surface area contributed by atoms with Gasteiger partial charge in [0.15, 0.2) is 23.7 Å². The van der Waals surface area contributed by atoms with E-state index in [4.69, 9.17) is 0 Å². The fourth-order valence-electron chi connectivity index (χ4n) is 2.05. The molecule has 0 aliphatic heterocycles. The maximum atomic E-state index is 13.9. The molecule has 2 rings (SSSR count). The molecular weight excluding hydrogens is 316 g/mol. The van der Waals surface area contributed by atoms with Crippen LogP contribution in [-0.2, 0) is 11.2 Å². The minimum Gasteiger partial charge on any atom is -0.491 e. The Hall–Kier alpha value is -2.70. The summed E-state index contributed by atoms with van der Waals surface area (Å²) in [5, 5.41) is 0. The molecule has 0 aliphatic carbocycles. The quantitative estimate of drug-likeness (QED) is 0.279. The predicted molar refractivity (Wildman–Crippen MR) is 72.5 cm³/mol. The van der Waals surface area contributed by atoms with Gasteiger partial charge in [0, 0.05) is 17.5 Å². The van der Waals surface area contributed by atoms with E-state index in [1.54, 1.807) is 0 Å². The van der Waals surface area contributed by atoms with Crippen molar-refractivity contribution in [3.8, 4) is 5.75 Å². The molecule has 23 heavy (non-hydrogen) atoms. The third-order valence-corrected chi connectivity index (χ3v) is 3.24. The van der Waals surface area contributed by atoms with Gasteiger partial charge in [-0.15, -0.1) is 0 Å². The third-order valence-electron chi connectivity index (χ3n) is 3.24. The van der Waals surface area contributed by atoms with Crippen molar-refractivity contribution < 1.29 is 31.9 Å². The molecule has 0 bridgehead atoms. The van der Waals surface area contributed by atoms with E-state index in [1.807, 2.05) is 0 Å². The zero-order valence-electron chi connectivity index (χ0n) is 11.8. The van der Waals surface area contributed by atoms with E-state index in [-0.39, 0.29) is 11.8 Å². The number of carbonyl (C=O) groups is 2. The second-order valence-corrected chi connectivity index (χ2v) is 4.62. The molecular formula is C16H10F4O3. The molecule has 0 spiro atoms. The molecule has 0 aliphatic rings. The zero-order chi connectivity index (χ0) is 17.1. The first-order valence-electron chi connectivity index (χ1n) is 6.38. The van der Waals surface area contributed by atoms with Crippen LogP contribution in [0.2, 0.25) is 0 Å². The molecule has 0 atom stereocenters. The Labute approximate surface area is 128 Å². The van der Waals surface area contributed by atoms with Gasteiger partial charge in [0.2, 0.25) is 17.4 Å². The van der Waals surface area contributed by atoms with Crippen LogP contribution in [0, 0.1) is 23.3 Å². The summed E-state index contributed by atoms with van der Waals surface area (Å²) in [4.78, 5) is 21.5. The molecule has 0 radical (unpaired) electrons. The summed E-state index contributed by atoms with van der Waals surface area (Å²) in [6.45, 7) is 0. The van der Waals surface area contributed by atoms with Gasteiger partial charge in [-0.2, -0.15) is 8.78 Å². The maximum Gasteiger partial charge on any atom is 0.225 e. The van der Waals surface area contributed by atoms with E-state index < -0.39 is 46.8 Å². The van der Waals surface area contributed by atoms with Crippen molar-refractivity contribution in [2.45, 2.75) is 6.42 Å². The Morgan fingerprint density at radius 3 is 1.96 bits per heavy atom. The highest BCUT2D eigenvalue weighted by atomic mass is 19.2. The Morgan fingerprint density at radius 1 is 1.00 bits per heavy atom. The summed E-state index contributed by atoms with van der Waals surface area (Å²) in [7, 11) is 0.892. The van der Waals surface area contributed by atoms with Crippen LogP contribution >= 0.6 is 0 Å². The summed E-state index contributed by atoms with van der Waals surface area (Å²) in [5.74, 6) is -8.21. The predicted octanol–water partition coefficient (Wildman–Crippen LogP) is 3.22. The normalized spacial score (nSPS) is 10.5. The van der Waals surface area contributed by atoms with Crippen LogP contribution in [-0.4, -0.2) is 19.2 Å². The van der Waals surface area contributed by atoms with Gasteiger partial charge in [-0.1, -0.05) is 24.3 Å². The lowest BCUT2D eigenvalue weighted by atomic mass is 10.0. The van der Waals surface area contributed by atoms with E-state index in [1.165, 1.54) is 24.3 Å². The molecule has 2 aromatic carbocycles. The van der Waals surface area contributed by atoms with Crippen molar-refractivity contribution in [1.82, 2.24) is 0 Å². The average molecular weight is 326 g/mol. The van der Waals surface area contributed by atoms with Crippen LogP contribution in [0.1, 0.15) is 21.5 Å². The number of halogens is 4. The largest absolute Gasteiger partial charge is 0.491 e. The van der Waals surface area contributed by atoms with Crippen LogP contribution < -0.4 is 4.74 Å². The van der Waals surface area contributed by atoms with Gasteiger partial charge in [-0.3, -0.25) is 9.59 Å². The summed E-state index contributed by atoms with van der Waals surface area (Å²) in [6, 6.07) is 5.21. The Balaban J connectivity index is 2.41.